The summed E-state index contributed by atoms with van der Waals surface area (Å²) in [6.45, 7) is 3.42. The van der Waals surface area contributed by atoms with E-state index >= 15 is 0 Å². The molecule has 2 atom stereocenters. The zero-order valence-electron chi connectivity index (χ0n) is 19.5. The SMILES string of the molecule is CC(O)(C=CCN(CC=CC(C)(O)c1ccccc1)S(=O)(=O)c1ccccc1)c1ccccc1. The maximum absolute atomic E-state index is 13.3. The van der Waals surface area contributed by atoms with Crippen LogP contribution in [0.1, 0.15) is 25.0 Å². The van der Waals surface area contributed by atoms with Crippen molar-refractivity contribution in [3.63, 3.8) is 0 Å². The lowest BCUT2D eigenvalue weighted by Gasteiger charge is -2.23. The molecule has 0 saturated carbocycles. The van der Waals surface area contributed by atoms with Crippen molar-refractivity contribution in [2.75, 3.05) is 13.1 Å². The van der Waals surface area contributed by atoms with Crippen molar-refractivity contribution in [3.05, 3.63) is 126 Å². The predicted octanol–water partition coefficient (Wildman–Crippen LogP) is 4.61. The van der Waals surface area contributed by atoms with E-state index in [2.05, 4.69) is 0 Å². The maximum atomic E-state index is 13.3. The van der Waals surface area contributed by atoms with Gasteiger partial charge >= 0.3 is 0 Å². The Hall–Kier alpha value is -3.03. The second-order valence-corrected chi connectivity index (χ2v) is 10.4. The van der Waals surface area contributed by atoms with Crippen LogP contribution < -0.4 is 0 Å². The monoisotopic (exact) mass is 477 g/mol. The van der Waals surface area contributed by atoms with Crippen molar-refractivity contribution in [2.45, 2.75) is 29.9 Å². The van der Waals surface area contributed by atoms with E-state index in [4.69, 9.17) is 0 Å². The Bertz CT molecular complexity index is 1140. The molecule has 5 nitrogen and oxygen atoms in total. The van der Waals surface area contributed by atoms with Gasteiger partial charge in [0.1, 0.15) is 11.2 Å². The predicted molar refractivity (Wildman–Crippen MR) is 136 cm³/mol. The molecule has 2 N–H and O–H groups in total. The topological polar surface area (TPSA) is 77.8 Å². The molecular formula is C28H31NO4S. The van der Waals surface area contributed by atoms with E-state index < -0.39 is 21.2 Å². The molecule has 3 aromatic carbocycles. The van der Waals surface area contributed by atoms with Crippen LogP contribution in [0.5, 0.6) is 0 Å². The number of rotatable bonds is 10. The van der Waals surface area contributed by atoms with Crippen LogP contribution in [0.4, 0.5) is 0 Å². The van der Waals surface area contributed by atoms with Gasteiger partial charge in [0.2, 0.25) is 10.0 Å². The smallest absolute Gasteiger partial charge is 0.243 e. The first-order valence-electron chi connectivity index (χ1n) is 11.1. The molecule has 0 bridgehead atoms. The molecule has 0 fully saturated rings. The number of aliphatic hydroxyl groups is 2. The summed E-state index contributed by atoms with van der Waals surface area (Å²) in [5, 5.41) is 21.7. The van der Waals surface area contributed by atoms with Gasteiger partial charge in [0.25, 0.3) is 0 Å². The van der Waals surface area contributed by atoms with E-state index in [1.165, 1.54) is 4.31 Å². The number of hydrogen-bond donors (Lipinski definition) is 2. The third kappa shape index (κ3) is 6.52. The van der Waals surface area contributed by atoms with Crippen LogP contribution in [0.2, 0.25) is 0 Å². The quantitative estimate of drug-likeness (QED) is 0.418. The van der Waals surface area contributed by atoms with Crippen LogP contribution in [-0.4, -0.2) is 36.0 Å². The maximum Gasteiger partial charge on any atom is 0.243 e. The summed E-state index contributed by atoms with van der Waals surface area (Å²) in [5.41, 5.74) is -1.06. The van der Waals surface area contributed by atoms with Gasteiger partial charge in [-0.2, -0.15) is 4.31 Å². The lowest BCUT2D eigenvalue weighted by Crippen LogP contribution is -2.32. The Labute approximate surface area is 202 Å². The van der Waals surface area contributed by atoms with Gasteiger partial charge in [0.15, 0.2) is 0 Å². The lowest BCUT2D eigenvalue weighted by atomic mass is 9.95. The molecule has 3 rings (SSSR count). The van der Waals surface area contributed by atoms with Crippen molar-refractivity contribution in [1.29, 1.82) is 0 Å². The first kappa shape index (κ1) is 25.6. The summed E-state index contributed by atoms with van der Waals surface area (Å²) in [6, 6.07) is 26.6. The number of nitrogens with zero attached hydrogens (tertiary/aromatic N) is 1. The minimum absolute atomic E-state index is 0.0536. The number of hydrogen-bond acceptors (Lipinski definition) is 4. The molecule has 0 aliphatic heterocycles. The van der Waals surface area contributed by atoms with Gasteiger partial charge in [-0.1, -0.05) is 103 Å². The van der Waals surface area contributed by atoms with Crippen molar-refractivity contribution in [1.82, 2.24) is 4.31 Å². The molecule has 0 amide bonds. The molecule has 34 heavy (non-hydrogen) atoms. The average molecular weight is 478 g/mol. The molecule has 6 heteroatoms. The second kappa shape index (κ2) is 10.9. The third-order valence-electron chi connectivity index (χ3n) is 5.60. The third-order valence-corrected chi connectivity index (χ3v) is 7.45. The molecule has 2 unspecified atom stereocenters. The van der Waals surface area contributed by atoms with Crippen LogP contribution >= 0.6 is 0 Å². The summed E-state index contributed by atoms with van der Waals surface area (Å²) < 4.78 is 27.9. The van der Waals surface area contributed by atoms with Crippen LogP contribution in [0.25, 0.3) is 0 Å². The molecule has 0 radical (unpaired) electrons. The van der Waals surface area contributed by atoms with Gasteiger partial charge in [-0.05, 0) is 37.1 Å². The highest BCUT2D eigenvalue weighted by atomic mass is 32.2. The van der Waals surface area contributed by atoms with Crippen molar-refractivity contribution < 1.29 is 18.6 Å². The Morgan fingerprint density at radius 3 is 1.41 bits per heavy atom. The first-order valence-corrected chi connectivity index (χ1v) is 12.5. The van der Waals surface area contributed by atoms with Gasteiger partial charge in [0, 0.05) is 13.1 Å². The molecule has 0 aromatic heterocycles. The van der Waals surface area contributed by atoms with Gasteiger partial charge in [-0.3, -0.25) is 0 Å². The molecule has 0 aliphatic carbocycles. The standard InChI is InChI=1S/C28H31NO4S/c1-27(30,24-14-6-3-7-15-24)20-12-22-29(34(32,33)26-18-10-5-11-19-26)23-13-21-28(2,31)25-16-8-4-9-17-25/h3-21,30-31H,22-23H2,1-2H3. The first-order chi connectivity index (χ1) is 16.1. The normalized spacial score (nSPS) is 16.0. The summed E-state index contributed by atoms with van der Waals surface area (Å²) in [4.78, 5) is 0.182. The molecular weight excluding hydrogens is 446 g/mol. The average Bonchev–Trinajstić information content (AvgIpc) is 2.84. The lowest BCUT2D eigenvalue weighted by molar-refractivity contribution is 0.110. The van der Waals surface area contributed by atoms with E-state index in [9.17, 15) is 18.6 Å². The Morgan fingerprint density at radius 1 is 0.676 bits per heavy atom. The zero-order valence-corrected chi connectivity index (χ0v) is 20.3. The summed E-state index contributed by atoms with van der Waals surface area (Å²) in [5.74, 6) is 0. The summed E-state index contributed by atoms with van der Waals surface area (Å²) in [7, 11) is -3.80. The molecule has 178 valence electrons. The van der Waals surface area contributed by atoms with Crippen LogP contribution in [0.15, 0.2) is 120 Å². The molecule has 0 spiro atoms. The van der Waals surface area contributed by atoms with Crippen molar-refractivity contribution >= 4 is 10.0 Å². The van der Waals surface area contributed by atoms with E-state index in [1.807, 2.05) is 60.7 Å². The van der Waals surface area contributed by atoms with Crippen LogP contribution in [0, 0.1) is 0 Å². The fourth-order valence-corrected chi connectivity index (χ4v) is 4.92. The second-order valence-electron chi connectivity index (χ2n) is 8.47. The highest BCUT2D eigenvalue weighted by Gasteiger charge is 2.25. The van der Waals surface area contributed by atoms with Crippen LogP contribution in [0.3, 0.4) is 0 Å². The number of benzene rings is 3. The van der Waals surface area contributed by atoms with Gasteiger partial charge in [-0.25, -0.2) is 8.42 Å². The Balaban J connectivity index is 1.83. The molecule has 3 aromatic rings. The number of sulfonamides is 1. The van der Waals surface area contributed by atoms with E-state index in [0.29, 0.717) is 11.1 Å². The fourth-order valence-electron chi connectivity index (χ4n) is 3.56. The zero-order chi connectivity index (χ0) is 24.7. The highest BCUT2D eigenvalue weighted by Crippen LogP contribution is 2.24. The molecule has 0 heterocycles. The van der Waals surface area contributed by atoms with Crippen molar-refractivity contribution in [2.24, 2.45) is 0 Å². The van der Waals surface area contributed by atoms with E-state index in [-0.39, 0.29) is 18.0 Å². The Morgan fingerprint density at radius 2 is 1.03 bits per heavy atom. The molecule has 0 aliphatic rings. The minimum Gasteiger partial charge on any atom is -0.381 e. The minimum atomic E-state index is -3.80. The van der Waals surface area contributed by atoms with Gasteiger partial charge in [0.05, 0.1) is 4.90 Å². The van der Waals surface area contributed by atoms with Crippen molar-refractivity contribution in [3.8, 4) is 0 Å². The Kier molecular flexibility index (Phi) is 8.23. The van der Waals surface area contributed by atoms with E-state index in [0.717, 1.165) is 0 Å². The molecule has 0 saturated heterocycles. The summed E-state index contributed by atoms with van der Waals surface area (Å²) in [6.07, 6.45) is 6.49. The highest BCUT2D eigenvalue weighted by molar-refractivity contribution is 7.89. The van der Waals surface area contributed by atoms with E-state index in [1.54, 1.807) is 68.5 Å². The largest absolute Gasteiger partial charge is 0.381 e. The van der Waals surface area contributed by atoms with Crippen LogP contribution in [-0.2, 0) is 21.2 Å². The summed E-state index contributed by atoms with van der Waals surface area (Å²) >= 11 is 0. The fraction of sp³-hybridized carbons (Fsp3) is 0.214. The van der Waals surface area contributed by atoms with Gasteiger partial charge < -0.3 is 10.2 Å². The van der Waals surface area contributed by atoms with Gasteiger partial charge in [-0.15, -0.1) is 0 Å².